The molecular formula is C37H45N5O3. The van der Waals surface area contributed by atoms with Crippen LogP contribution in [0.25, 0.3) is 33.3 Å². The lowest BCUT2D eigenvalue weighted by molar-refractivity contribution is -0.154. The monoisotopic (exact) mass is 607 g/mol. The minimum absolute atomic E-state index is 0.213. The van der Waals surface area contributed by atoms with Crippen LogP contribution in [-0.2, 0) is 33.7 Å². The number of benzene rings is 2. The smallest absolute Gasteiger partial charge is 0.324 e. The number of hydrazine groups is 1. The van der Waals surface area contributed by atoms with E-state index in [9.17, 15) is 9.59 Å². The number of nitrogens with two attached hydrogens (primary N) is 1. The maximum absolute atomic E-state index is 13.3. The van der Waals surface area contributed by atoms with Gasteiger partial charge in [0, 0.05) is 41.2 Å². The Hall–Kier alpha value is -4.01. The van der Waals surface area contributed by atoms with Crippen molar-refractivity contribution < 1.29 is 14.3 Å². The van der Waals surface area contributed by atoms with E-state index >= 15 is 0 Å². The number of cyclic esters (lactones) is 1. The molecule has 4 aromatic rings. The average Bonchev–Trinajstić information content (AvgIpc) is 3.34. The van der Waals surface area contributed by atoms with E-state index in [1.165, 1.54) is 27.2 Å². The van der Waals surface area contributed by atoms with Crippen molar-refractivity contribution in [1.29, 1.82) is 0 Å². The third-order valence-electron chi connectivity index (χ3n) is 9.16. The van der Waals surface area contributed by atoms with E-state index in [-0.39, 0.29) is 29.8 Å². The Labute approximate surface area is 265 Å². The van der Waals surface area contributed by atoms with Crippen LogP contribution >= 0.6 is 0 Å². The number of fused-ring (bicyclic) bond motifs is 6. The van der Waals surface area contributed by atoms with Crippen LogP contribution in [-0.4, -0.2) is 51.7 Å². The SMILES string of the molecule is CCn1c(-c2cccnc2C(C)C)c2c3cc(ccc31)-c1cccc(c1)C[C@H](N)C(=O)N1CCC[C@H](N1)C(=O)OCC(C)(C)C2. The fourth-order valence-corrected chi connectivity index (χ4v) is 6.93. The van der Waals surface area contributed by atoms with Gasteiger partial charge in [-0.05, 0) is 85.0 Å². The van der Waals surface area contributed by atoms with E-state index < -0.39 is 12.1 Å². The molecule has 0 aliphatic carbocycles. The first kappa shape index (κ1) is 31.0. The second-order valence-electron chi connectivity index (χ2n) is 13.7. The summed E-state index contributed by atoms with van der Waals surface area (Å²) in [6, 6.07) is 17.9. The Kier molecular flexibility index (Phi) is 8.55. The molecule has 45 heavy (non-hydrogen) atoms. The van der Waals surface area contributed by atoms with E-state index in [4.69, 9.17) is 15.5 Å². The van der Waals surface area contributed by atoms with Gasteiger partial charge in [0.05, 0.1) is 24.0 Å². The number of rotatable bonds is 3. The van der Waals surface area contributed by atoms with Crippen molar-refractivity contribution in [3.05, 3.63) is 77.6 Å². The van der Waals surface area contributed by atoms with Crippen LogP contribution in [0, 0.1) is 5.41 Å². The lowest BCUT2D eigenvalue weighted by Crippen LogP contribution is -2.59. The van der Waals surface area contributed by atoms with Gasteiger partial charge in [-0.25, -0.2) is 5.43 Å². The lowest BCUT2D eigenvalue weighted by Gasteiger charge is -2.35. The number of nitrogens with zero attached hydrogens (tertiary/aromatic N) is 3. The maximum Gasteiger partial charge on any atom is 0.324 e. The highest BCUT2D eigenvalue weighted by atomic mass is 16.5. The zero-order valence-electron chi connectivity index (χ0n) is 27.1. The fraction of sp³-hybridized carbons (Fsp3) is 0.432. The summed E-state index contributed by atoms with van der Waals surface area (Å²) < 4.78 is 8.39. The first-order valence-electron chi connectivity index (χ1n) is 16.3. The normalized spacial score (nSPS) is 20.7. The molecule has 3 N–H and O–H groups in total. The van der Waals surface area contributed by atoms with Gasteiger partial charge in [-0.3, -0.25) is 19.6 Å². The zero-order chi connectivity index (χ0) is 31.9. The molecule has 0 radical (unpaired) electrons. The van der Waals surface area contributed by atoms with Crippen LogP contribution in [0.3, 0.4) is 0 Å². The van der Waals surface area contributed by atoms with Gasteiger partial charge >= 0.3 is 5.97 Å². The number of esters is 1. The van der Waals surface area contributed by atoms with Crippen LogP contribution in [0.15, 0.2) is 60.8 Å². The number of nitrogens with one attached hydrogen (secondary N) is 1. The number of hydrogen-bond acceptors (Lipinski definition) is 6. The number of pyridine rings is 1. The van der Waals surface area contributed by atoms with E-state index in [1.807, 2.05) is 24.4 Å². The van der Waals surface area contributed by atoms with Crippen molar-refractivity contribution in [1.82, 2.24) is 20.0 Å². The number of ether oxygens (including phenoxy) is 1. The van der Waals surface area contributed by atoms with Crippen molar-refractivity contribution in [2.75, 3.05) is 13.2 Å². The maximum atomic E-state index is 13.3. The predicted molar refractivity (Wildman–Crippen MR) is 178 cm³/mol. The largest absolute Gasteiger partial charge is 0.464 e. The molecule has 6 bridgehead atoms. The van der Waals surface area contributed by atoms with Gasteiger partial charge in [-0.15, -0.1) is 0 Å². The topological polar surface area (TPSA) is 102 Å². The van der Waals surface area contributed by atoms with Crippen molar-refractivity contribution in [3.63, 3.8) is 0 Å². The van der Waals surface area contributed by atoms with Crippen molar-refractivity contribution in [2.45, 2.75) is 84.8 Å². The Morgan fingerprint density at radius 3 is 2.67 bits per heavy atom. The molecule has 1 saturated heterocycles. The highest BCUT2D eigenvalue weighted by Crippen LogP contribution is 2.41. The fourth-order valence-electron chi connectivity index (χ4n) is 6.93. The number of aryl methyl sites for hydroxylation is 1. The minimum Gasteiger partial charge on any atom is -0.464 e. The first-order chi connectivity index (χ1) is 21.6. The highest BCUT2D eigenvalue weighted by molar-refractivity contribution is 5.95. The molecule has 2 aliphatic rings. The molecular weight excluding hydrogens is 562 g/mol. The minimum atomic E-state index is -0.731. The molecule has 0 unspecified atom stereocenters. The molecule has 0 saturated carbocycles. The summed E-state index contributed by atoms with van der Waals surface area (Å²) in [5.41, 5.74) is 18.2. The number of carbonyl (C=O) groups is 2. The number of amides is 1. The molecule has 4 heterocycles. The highest BCUT2D eigenvalue weighted by Gasteiger charge is 2.34. The lowest BCUT2D eigenvalue weighted by atomic mass is 9.83. The molecule has 0 spiro atoms. The van der Waals surface area contributed by atoms with Crippen LogP contribution in [0.1, 0.15) is 70.2 Å². The zero-order valence-corrected chi connectivity index (χ0v) is 27.1. The molecule has 2 atom stereocenters. The van der Waals surface area contributed by atoms with E-state index in [2.05, 4.69) is 81.0 Å². The summed E-state index contributed by atoms with van der Waals surface area (Å²) in [4.78, 5) is 31.5. The molecule has 2 aromatic heterocycles. The Bertz CT molecular complexity index is 1740. The van der Waals surface area contributed by atoms with Crippen LogP contribution in [0.5, 0.6) is 0 Å². The molecule has 8 heteroatoms. The number of carbonyl (C=O) groups excluding carboxylic acids is 2. The first-order valence-corrected chi connectivity index (χ1v) is 16.3. The Morgan fingerprint density at radius 2 is 1.89 bits per heavy atom. The molecule has 1 fully saturated rings. The summed E-state index contributed by atoms with van der Waals surface area (Å²) in [6.45, 7) is 12.4. The Morgan fingerprint density at radius 1 is 1.09 bits per heavy atom. The molecule has 2 aromatic carbocycles. The number of aromatic nitrogens is 2. The van der Waals surface area contributed by atoms with Gasteiger partial charge in [0.15, 0.2) is 0 Å². The van der Waals surface area contributed by atoms with Crippen molar-refractivity contribution in [3.8, 4) is 22.4 Å². The summed E-state index contributed by atoms with van der Waals surface area (Å²) in [7, 11) is 0. The van der Waals surface area contributed by atoms with Gasteiger partial charge in [0.2, 0.25) is 0 Å². The second kappa shape index (κ2) is 12.4. The molecule has 6 rings (SSSR count). The van der Waals surface area contributed by atoms with Crippen LogP contribution in [0.4, 0.5) is 0 Å². The second-order valence-corrected chi connectivity index (χ2v) is 13.7. The van der Waals surface area contributed by atoms with Crippen LogP contribution in [0.2, 0.25) is 0 Å². The van der Waals surface area contributed by atoms with Crippen LogP contribution < -0.4 is 11.2 Å². The third kappa shape index (κ3) is 6.14. The summed E-state index contributed by atoms with van der Waals surface area (Å²) >= 11 is 0. The molecule has 236 valence electrons. The average molecular weight is 608 g/mol. The number of hydrogen-bond donors (Lipinski definition) is 2. The molecule has 8 nitrogen and oxygen atoms in total. The van der Waals surface area contributed by atoms with Crippen molar-refractivity contribution >= 4 is 22.8 Å². The van der Waals surface area contributed by atoms with Gasteiger partial charge < -0.3 is 15.0 Å². The Balaban J connectivity index is 1.54. The molecule has 2 aliphatic heterocycles. The molecule has 1 amide bonds. The summed E-state index contributed by atoms with van der Waals surface area (Å²) in [5.74, 6) is -0.296. The predicted octanol–water partition coefficient (Wildman–Crippen LogP) is 6.00. The summed E-state index contributed by atoms with van der Waals surface area (Å²) in [6.07, 6.45) is 4.29. The third-order valence-corrected chi connectivity index (χ3v) is 9.16. The van der Waals surface area contributed by atoms with Gasteiger partial charge in [0.25, 0.3) is 5.91 Å². The summed E-state index contributed by atoms with van der Waals surface area (Å²) in [5, 5.41) is 2.70. The van der Waals surface area contributed by atoms with Gasteiger partial charge in [-0.2, -0.15) is 0 Å². The van der Waals surface area contributed by atoms with E-state index in [1.54, 1.807) is 0 Å². The van der Waals surface area contributed by atoms with E-state index in [0.29, 0.717) is 32.2 Å². The van der Waals surface area contributed by atoms with Gasteiger partial charge in [0.1, 0.15) is 6.04 Å². The quantitative estimate of drug-likeness (QED) is 0.277. The van der Waals surface area contributed by atoms with Gasteiger partial charge in [-0.1, -0.05) is 58.0 Å². The van der Waals surface area contributed by atoms with Crippen molar-refractivity contribution in [2.24, 2.45) is 11.1 Å². The standard InChI is InChI=1S/C37H45N5O3/c1-6-41-32-15-14-26-20-28(32)29(34(41)27-12-8-16-39-33(27)23(2)3)21-37(4,5)22-45-36(44)31-13-9-17-42(40-31)35(43)30(38)19-24-10-7-11-25(26)18-24/h7-8,10-12,14-16,18,20,23,30-31,40H,6,9,13,17,19,21-22,38H2,1-5H3/t30-,31-/m0/s1. The van der Waals surface area contributed by atoms with E-state index in [0.717, 1.165) is 34.5 Å².